The lowest BCUT2D eigenvalue weighted by molar-refractivity contribution is -0.143. The highest BCUT2D eigenvalue weighted by Gasteiger charge is 2.18. The Kier molecular flexibility index (Phi) is 56.0. The molecule has 0 aromatic heterocycles. The van der Waals surface area contributed by atoms with Crippen molar-refractivity contribution in [2.45, 2.75) is 334 Å². The van der Waals surface area contributed by atoms with Crippen LogP contribution in [0.4, 0.5) is 0 Å². The Hall–Kier alpha value is -1.92. The molecule has 0 fully saturated rings. The lowest BCUT2D eigenvalue weighted by atomic mass is 10.0. The van der Waals surface area contributed by atoms with Crippen LogP contribution in [0.5, 0.6) is 0 Å². The molecule has 0 aliphatic heterocycles. The van der Waals surface area contributed by atoms with Gasteiger partial charge in [-0.05, 0) is 64.2 Å². The van der Waals surface area contributed by atoms with Crippen molar-refractivity contribution < 1.29 is 24.5 Å². The normalized spacial score (nSPS) is 12.8. The second kappa shape index (κ2) is 57.7. The van der Waals surface area contributed by atoms with E-state index in [0.29, 0.717) is 19.4 Å². The van der Waals surface area contributed by atoms with Crippen LogP contribution in [-0.4, -0.2) is 47.4 Å². The fourth-order valence-electron chi connectivity index (χ4n) is 9.25. The molecular formula is C62H117NO5. The number of ether oxygens (including phenoxy) is 1. The first kappa shape index (κ1) is 66.1. The van der Waals surface area contributed by atoms with Gasteiger partial charge in [0.1, 0.15) is 0 Å². The van der Waals surface area contributed by atoms with Gasteiger partial charge in [0.25, 0.3) is 0 Å². The van der Waals surface area contributed by atoms with Gasteiger partial charge in [-0.3, -0.25) is 9.59 Å². The molecule has 0 bridgehead atoms. The minimum absolute atomic E-state index is 0.00211. The molecule has 0 aliphatic rings. The fourth-order valence-corrected chi connectivity index (χ4v) is 9.25. The molecule has 1 amide bonds. The van der Waals surface area contributed by atoms with E-state index in [9.17, 15) is 19.8 Å². The molecule has 0 rings (SSSR count). The van der Waals surface area contributed by atoms with E-state index in [1.165, 1.54) is 244 Å². The molecule has 2 atom stereocenters. The molecule has 6 heteroatoms. The van der Waals surface area contributed by atoms with Crippen molar-refractivity contribution in [1.29, 1.82) is 0 Å². The third-order valence-corrected chi connectivity index (χ3v) is 13.9. The maximum Gasteiger partial charge on any atom is 0.305 e. The summed E-state index contributed by atoms with van der Waals surface area (Å²) in [7, 11) is 0. The molecule has 3 N–H and O–H groups in total. The van der Waals surface area contributed by atoms with Crippen molar-refractivity contribution in [3.63, 3.8) is 0 Å². The average Bonchev–Trinajstić information content (AvgIpc) is 3.34. The molecule has 6 nitrogen and oxygen atoms in total. The Morgan fingerprint density at radius 3 is 1.15 bits per heavy atom. The van der Waals surface area contributed by atoms with Crippen molar-refractivity contribution in [2.24, 2.45) is 0 Å². The summed E-state index contributed by atoms with van der Waals surface area (Å²) in [5.74, 6) is -0.0673. The number of unbranched alkanes of at least 4 members (excludes halogenated alkanes) is 41. The first-order valence-electron chi connectivity index (χ1n) is 30.3. The number of allylic oxidation sites excluding steroid dienone is 5. The van der Waals surface area contributed by atoms with Crippen LogP contribution in [-0.2, 0) is 14.3 Å². The van der Waals surface area contributed by atoms with E-state index in [2.05, 4.69) is 43.5 Å². The number of hydrogen-bond acceptors (Lipinski definition) is 5. The topological polar surface area (TPSA) is 95.9 Å². The minimum atomic E-state index is -0.845. The van der Waals surface area contributed by atoms with E-state index in [4.69, 9.17) is 4.74 Å². The van der Waals surface area contributed by atoms with Crippen LogP contribution in [0, 0.1) is 0 Å². The maximum absolute atomic E-state index is 12.5. The molecule has 0 spiro atoms. The Bertz CT molecular complexity index is 1100. The Balaban J connectivity index is 3.41. The molecule has 0 aromatic rings. The highest BCUT2D eigenvalue weighted by molar-refractivity contribution is 5.76. The number of nitrogens with one attached hydrogen (secondary N) is 1. The summed E-state index contributed by atoms with van der Waals surface area (Å²) in [4.78, 5) is 24.5. The maximum atomic E-state index is 12.5. The summed E-state index contributed by atoms with van der Waals surface area (Å²) < 4.78 is 5.49. The highest BCUT2D eigenvalue weighted by atomic mass is 16.5. The average molecular weight is 957 g/mol. The summed E-state index contributed by atoms with van der Waals surface area (Å²) in [5, 5.41) is 23.1. The predicted molar refractivity (Wildman–Crippen MR) is 296 cm³/mol. The lowest BCUT2D eigenvalue weighted by Gasteiger charge is -2.20. The zero-order chi connectivity index (χ0) is 49.3. The zero-order valence-corrected chi connectivity index (χ0v) is 45.6. The Labute approximate surface area is 424 Å². The molecule has 0 radical (unpaired) electrons. The predicted octanol–water partition coefficient (Wildman–Crippen LogP) is 18.8. The zero-order valence-electron chi connectivity index (χ0n) is 45.6. The minimum Gasteiger partial charge on any atom is -0.466 e. The van der Waals surface area contributed by atoms with Crippen LogP contribution in [0.2, 0.25) is 0 Å². The van der Waals surface area contributed by atoms with Crippen LogP contribution in [0.3, 0.4) is 0 Å². The molecular weight excluding hydrogens is 839 g/mol. The molecule has 0 aromatic carbocycles. The third kappa shape index (κ3) is 53.4. The summed E-state index contributed by atoms with van der Waals surface area (Å²) in [5.41, 5.74) is 0. The molecule has 0 aliphatic carbocycles. The van der Waals surface area contributed by atoms with Gasteiger partial charge in [0.15, 0.2) is 0 Å². The Morgan fingerprint density at radius 1 is 0.412 bits per heavy atom. The van der Waals surface area contributed by atoms with Gasteiger partial charge < -0.3 is 20.3 Å². The standard InChI is InChI=1S/C62H117NO5/c1-3-5-7-9-11-13-15-17-19-24-28-32-36-40-44-48-52-56-62(67)68-57-53-49-45-41-37-33-29-26-23-21-20-22-25-27-31-35-39-43-47-51-55-61(66)63-59(58-64)60(65)54-50-46-42-38-34-30-18-16-14-12-10-8-6-4-2/h11,13,17,19,50,54,59-60,64-65H,3-10,12,14-16,18,20-49,51-53,55-58H2,1-2H3,(H,63,66)/b13-11-,19-17-,54-50+. The first-order chi connectivity index (χ1) is 33.5. The van der Waals surface area contributed by atoms with Gasteiger partial charge in [-0.15, -0.1) is 0 Å². The molecule has 2 unspecified atom stereocenters. The lowest BCUT2D eigenvalue weighted by Crippen LogP contribution is -2.45. The number of hydrogen-bond donors (Lipinski definition) is 3. The van der Waals surface area contributed by atoms with Crippen LogP contribution >= 0.6 is 0 Å². The van der Waals surface area contributed by atoms with E-state index in [0.717, 1.165) is 51.4 Å². The highest BCUT2D eigenvalue weighted by Crippen LogP contribution is 2.17. The van der Waals surface area contributed by atoms with Crippen molar-refractivity contribution in [3.8, 4) is 0 Å². The van der Waals surface area contributed by atoms with E-state index >= 15 is 0 Å². The quantitative estimate of drug-likeness (QED) is 0.0321. The summed E-state index contributed by atoms with van der Waals surface area (Å²) >= 11 is 0. The summed E-state index contributed by atoms with van der Waals surface area (Å²) in [6.45, 7) is 4.88. The van der Waals surface area contributed by atoms with Gasteiger partial charge in [0.05, 0.1) is 25.4 Å². The number of carbonyl (C=O) groups excluding carboxylic acids is 2. The van der Waals surface area contributed by atoms with E-state index in [-0.39, 0.29) is 18.5 Å². The van der Waals surface area contributed by atoms with Gasteiger partial charge in [0.2, 0.25) is 5.91 Å². The van der Waals surface area contributed by atoms with Gasteiger partial charge in [-0.25, -0.2) is 0 Å². The number of rotatable bonds is 56. The van der Waals surface area contributed by atoms with Crippen LogP contribution in [0.1, 0.15) is 322 Å². The van der Waals surface area contributed by atoms with Crippen molar-refractivity contribution >= 4 is 11.9 Å². The monoisotopic (exact) mass is 956 g/mol. The number of amides is 1. The number of aliphatic hydroxyl groups is 2. The second-order valence-electron chi connectivity index (χ2n) is 20.7. The van der Waals surface area contributed by atoms with Crippen LogP contribution < -0.4 is 5.32 Å². The van der Waals surface area contributed by atoms with Crippen LogP contribution in [0.25, 0.3) is 0 Å². The van der Waals surface area contributed by atoms with E-state index in [1.54, 1.807) is 6.08 Å². The third-order valence-electron chi connectivity index (χ3n) is 13.9. The fraction of sp³-hybridized carbons (Fsp3) is 0.871. The van der Waals surface area contributed by atoms with Gasteiger partial charge in [-0.2, -0.15) is 0 Å². The van der Waals surface area contributed by atoms with Gasteiger partial charge in [-0.1, -0.05) is 281 Å². The Morgan fingerprint density at radius 2 is 0.735 bits per heavy atom. The van der Waals surface area contributed by atoms with Crippen LogP contribution in [0.15, 0.2) is 36.5 Å². The van der Waals surface area contributed by atoms with Crippen molar-refractivity contribution in [3.05, 3.63) is 36.5 Å². The van der Waals surface area contributed by atoms with Crippen molar-refractivity contribution in [2.75, 3.05) is 13.2 Å². The summed E-state index contributed by atoms with van der Waals surface area (Å²) in [6.07, 6.45) is 71.7. The SMILES string of the molecule is CCCCC/C=C\C/C=C\CCCCCCCCCC(=O)OCCCCCCCCCCCCCCCCCCCCCCC(=O)NC(CO)C(O)/C=C/CCCCCCCCCCCCCC. The van der Waals surface area contributed by atoms with E-state index < -0.39 is 12.1 Å². The molecule has 400 valence electrons. The number of carbonyl (C=O) groups is 2. The summed E-state index contributed by atoms with van der Waals surface area (Å²) in [6, 6.07) is -0.629. The molecule has 0 heterocycles. The molecule has 0 saturated heterocycles. The van der Waals surface area contributed by atoms with Crippen molar-refractivity contribution in [1.82, 2.24) is 5.32 Å². The second-order valence-corrected chi connectivity index (χ2v) is 20.7. The molecule has 0 saturated carbocycles. The number of esters is 1. The largest absolute Gasteiger partial charge is 0.466 e. The number of aliphatic hydroxyl groups excluding tert-OH is 2. The van der Waals surface area contributed by atoms with Gasteiger partial charge >= 0.3 is 5.97 Å². The first-order valence-corrected chi connectivity index (χ1v) is 30.3. The van der Waals surface area contributed by atoms with E-state index in [1.807, 2.05) is 6.08 Å². The smallest absolute Gasteiger partial charge is 0.305 e. The van der Waals surface area contributed by atoms with Gasteiger partial charge in [0, 0.05) is 12.8 Å². The molecule has 68 heavy (non-hydrogen) atoms.